The largest absolute Gasteiger partial charge is 0.335 e. The van der Waals surface area contributed by atoms with Gasteiger partial charge in [0, 0.05) is 25.0 Å². The summed E-state index contributed by atoms with van der Waals surface area (Å²) in [6.45, 7) is 5.08. The standard InChI is InChI=1S/C17H26N2O/c1-17(2,14-9-5-4-6-10-14)13-19(3)16(20)18-15-11-7-8-12-15/h4-6,9-10,15H,7-8,11-13H2,1-3H3,(H,18,20). The molecule has 3 heteroatoms. The van der Waals surface area contributed by atoms with Crippen LogP contribution in [0.15, 0.2) is 30.3 Å². The van der Waals surface area contributed by atoms with E-state index in [0.717, 1.165) is 19.4 Å². The van der Waals surface area contributed by atoms with Crippen molar-refractivity contribution in [2.45, 2.75) is 51.0 Å². The molecule has 0 heterocycles. The maximum absolute atomic E-state index is 12.2. The zero-order valence-electron chi connectivity index (χ0n) is 12.9. The van der Waals surface area contributed by atoms with E-state index in [1.165, 1.54) is 18.4 Å². The summed E-state index contributed by atoms with van der Waals surface area (Å²) in [5.41, 5.74) is 1.23. The number of carbonyl (C=O) groups excluding carboxylic acids is 1. The van der Waals surface area contributed by atoms with Gasteiger partial charge in [-0.2, -0.15) is 0 Å². The number of likely N-dealkylation sites (N-methyl/N-ethyl adjacent to an activating group) is 1. The highest BCUT2D eigenvalue weighted by Crippen LogP contribution is 2.24. The van der Waals surface area contributed by atoms with Gasteiger partial charge in [0.25, 0.3) is 0 Å². The first-order valence-electron chi connectivity index (χ1n) is 7.56. The molecular weight excluding hydrogens is 248 g/mol. The lowest BCUT2D eigenvalue weighted by molar-refractivity contribution is 0.194. The van der Waals surface area contributed by atoms with E-state index < -0.39 is 0 Å². The maximum atomic E-state index is 12.2. The molecule has 0 unspecified atom stereocenters. The molecule has 0 atom stereocenters. The summed E-state index contributed by atoms with van der Waals surface area (Å²) >= 11 is 0. The first-order valence-corrected chi connectivity index (χ1v) is 7.56. The summed E-state index contributed by atoms with van der Waals surface area (Å²) in [5, 5.41) is 3.14. The number of nitrogens with one attached hydrogen (secondary N) is 1. The van der Waals surface area contributed by atoms with Gasteiger partial charge in [0.2, 0.25) is 0 Å². The summed E-state index contributed by atoms with van der Waals surface area (Å²) in [6, 6.07) is 10.8. The molecular formula is C17H26N2O. The molecule has 1 aromatic carbocycles. The molecule has 3 nitrogen and oxygen atoms in total. The highest BCUT2D eigenvalue weighted by atomic mass is 16.2. The molecule has 110 valence electrons. The van der Waals surface area contributed by atoms with E-state index >= 15 is 0 Å². The van der Waals surface area contributed by atoms with Crippen molar-refractivity contribution in [2.24, 2.45) is 0 Å². The van der Waals surface area contributed by atoms with Crippen molar-refractivity contribution in [2.75, 3.05) is 13.6 Å². The van der Waals surface area contributed by atoms with Crippen LogP contribution in [0, 0.1) is 0 Å². The van der Waals surface area contributed by atoms with Gasteiger partial charge < -0.3 is 10.2 Å². The van der Waals surface area contributed by atoms with Gasteiger partial charge in [-0.05, 0) is 18.4 Å². The Morgan fingerprint density at radius 1 is 1.25 bits per heavy atom. The molecule has 2 amide bonds. The highest BCUT2D eigenvalue weighted by molar-refractivity contribution is 5.74. The molecule has 0 spiro atoms. The number of hydrogen-bond donors (Lipinski definition) is 1. The van der Waals surface area contributed by atoms with E-state index in [1.807, 2.05) is 18.0 Å². The first kappa shape index (κ1) is 14.9. The number of benzene rings is 1. The Morgan fingerprint density at radius 3 is 2.45 bits per heavy atom. The molecule has 1 aliphatic rings. The van der Waals surface area contributed by atoms with Gasteiger partial charge in [0.1, 0.15) is 0 Å². The van der Waals surface area contributed by atoms with Crippen molar-refractivity contribution in [1.29, 1.82) is 0 Å². The Bertz CT molecular complexity index is 436. The predicted octanol–water partition coefficient (Wildman–Crippen LogP) is 3.55. The fourth-order valence-corrected chi connectivity index (χ4v) is 3.00. The Balaban J connectivity index is 1.92. The lowest BCUT2D eigenvalue weighted by atomic mass is 9.84. The smallest absolute Gasteiger partial charge is 0.317 e. The molecule has 0 radical (unpaired) electrons. The summed E-state index contributed by atoms with van der Waals surface area (Å²) in [4.78, 5) is 14.0. The van der Waals surface area contributed by atoms with Crippen LogP contribution in [-0.4, -0.2) is 30.6 Å². The van der Waals surface area contributed by atoms with Gasteiger partial charge in [0.05, 0.1) is 0 Å². The number of amides is 2. The van der Waals surface area contributed by atoms with E-state index in [0.29, 0.717) is 6.04 Å². The first-order chi connectivity index (χ1) is 9.49. The van der Waals surface area contributed by atoms with Crippen LogP contribution >= 0.6 is 0 Å². The van der Waals surface area contributed by atoms with Crippen LogP contribution in [0.2, 0.25) is 0 Å². The molecule has 1 aliphatic carbocycles. The third kappa shape index (κ3) is 3.75. The second-order valence-corrected chi connectivity index (χ2v) is 6.54. The fourth-order valence-electron chi connectivity index (χ4n) is 3.00. The summed E-state index contributed by atoms with van der Waals surface area (Å²) in [6.07, 6.45) is 4.73. The average Bonchev–Trinajstić information content (AvgIpc) is 2.92. The SMILES string of the molecule is CN(CC(C)(C)c1ccccc1)C(=O)NC1CCCC1. The fraction of sp³-hybridized carbons (Fsp3) is 0.588. The molecule has 0 bridgehead atoms. The quantitative estimate of drug-likeness (QED) is 0.894. The lowest BCUT2D eigenvalue weighted by Crippen LogP contribution is -2.46. The summed E-state index contributed by atoms with van der Waals surface area (Å²) < 4.78 is 0. The molecule has 0 saturated heterocycles. The van der Waals surface area contributed by atoms with E-state index in [2.05, 4.69) is 43.4 Å². The van der Waals surface area contributed by atoms with Crippen molar-refractivity contribution in [3.05, 3.63) is 35.9 Å². The zero-order chi connectivity index (χ0) is 14.6. The molecule has 0 aliphatic heterocycles. The second kappa shape index (κ2) is 6.29. The van der Waals surface area contributed by atoms with Gasteiger partial charge in [0.15, 0.2) is 0 Å². The molecule has 0 aromatic heterocycles. The van der Waals surface area contributed by atoms with E-state index in [-0.39, 0.29) is 11.4 Å². The second-order valence-electron chi connectivity index (χ2n) is 6.54. The van der Waals surface area contributed by atoms with Crippen molar-refractivity contribution in [3.8, 4) is 0 Å². The summed E-state index contributed by atoms with van der Waals surface area (Å²) in [7, 11) is 1.88. The highest BCUT2D eigenvalue weighted by Gasteiger charge is 2.26. The zero-order valence-corrected chi connectivity index (χ0v) is 12.9. The molecule has 2 rings (SSSR count). The van der Waals surface area contributed by atoms with Crippen molar-refractivity contribution >= 4 is 6.03 Å². The summed E-state index contributed by atoms with van der Waals surface area (Å²) in [5.74, 6) is 0. The van der Waals surface area contributed by atoms with Crippen LogP contribution in [0.1, 0.15) is 45.1 Å². The Hall–Kier alpha value is -1.51. The predicted molar refractivity (Wildman–Crippen MR) is 82.9 cm³/mol. The molecule has 20 heavy (non-hydrogen) atoms. The number of nitrogens with zero attached hydrogens (tertiary/aromatic N) is 1. The van der Waals surface area contributed by atoms with E-state index in [9.17, 15) is 4.79 Å². The van der Waals surface area contributed by atoms with Crippen LogP contribution in [0.3, 0.4) is 0 Å². The molecule has 1 aromatic rings. The van der Waals surface area contributed by atoms with E-state index in [1.54, 1.807) is 0 Å². The van der Waals surface area contributed by atoms with E-state index in [4.69, 9.17) is 0 Å². The third-order valence-electron chi connectivity index (χ3n) is 4.22. The van der Waals surface area contributed by atoms with Crippen LogP contribution in [0.4, 0.5) is 4.79 Å². The monoisotopic (exact) mass is 274 g/mol. The normalized spacial score (nSPS) is 16.1. The number of rotatable bonds is 4. The van der Waals surface area contributed by atoms with Crippen LogP contribution in [-0.2, 0) is 5.41 Å². The minimum Gasteiger partial charge on any atom is -0.335 e. The number of urea groups is 1. The van der Waals surface area contributed by atoms with Crippen LogP contribution in [0.5, 0.6) is 0 Å². The van der Waals surface area contributed by atoms with Crippen molar-refractivity contribution < 1.29 is 4.79 Å². The van der Waals surface area contributed by atoms with Crippen molar-refractivity contribution in [1.82, 2.24) is 10.2 Å². The van der Waals surface area contributed by atoms with Crippen molar-refractivity contribution in [3.63, 3.8) is 0 Å². The molecule has 1 saturated carbocycles. The Morgan fingerprint density at radius 2 is 1.85 bits per heavy atom. The molecule has 1 fully saturated rings. The minimum absolute atomic E-state index is 0.0387. The lowest BCUT2D eigenvalue weighted by Gasteiger charge is -2.31. The average molecular weight is 274 g/mol. The number of carbonyl (C=O) groups is 1. The Kier molecular flexibility index (Phi) is 4.69. The minimum atomic E-state index is -0.0387. The Labute approximate surface area is 122 Å². The topological polar surface area (TPSA) is 32.3 Å². The maximum Gasteiger partial charge on any atom is 0.317 e. The molecule has 1 N–H and O–H groups in total. The van der Waals surface area contributed by atoms with Gasteiger partial charge in [-0.15, -0.1) is 0 Å². The van der Waals surface area contributed by atoms with Gasteiger partial charge in [-0.1, -0.05) is 57.0 Å². The van der Waals surface area contributed by atoms with Gasteiger partial charge in [-0.3, -0.25) is 0 Å². The number of hydrogen-bond acceptors (Lipinski definition) is 1. The van der Waals surface area contributed by atoms with Gasteiger partial charge >= 0.3 is 6.03 Å². The third-order valence-corrected chi connectivity index (χ3v) is 4.22. The van der Waals surface area contributed by atoms with Gasteiger partial charge in [-0.25, -0.2) is 4.79 Å². The van der Waals surface area contributed by atoms with Crippen LogP contribution < -0.4 is 5.32 Å². The van der Waals surface area contributed by atoms with Crippen LogP contribution in [0.25, 0.3) is 0 Å².